The molecule has 5 aromatic rings. The van der Waals surface area contributed by atoms with E-state index in [0.29, 0.717) is 37.1 Å². The highest BCUT2D eigenvalue weighted by Crippen LogP contribution is 2.29. The number of nitrogens with two attached hydrogens (primary N) is 10. The highest BCUT2D eigenvalue weighted by molar-refractivity contribution is 5.60. The van der Waals surface area contributed by atoms with Gasteiger partial charge in [0.1, 0.15) is 57.5 Å². The molecule has 3 aliphatic rings. The molecule has 61 heavy (non-hydrogen) atoms. The third-order valence-electron chi connectivity index (χ3n) is 10.3. The summed E-state index contributed by atoms with van der Waals surface area (Å²) in [5.41, 5.74) is 54.6. The molecule has 0 saturated heterocycles. The number of aliphatic hydroxyl groups is 2. The van der Waals surface area contributed by atoms with E-state index in [1.807, 2.05) is 12.2 Å². The summed E-state index contributed by atoms with van der Waals surface area (Å²) in [6.07, 6.45) is 5.97. The summed E-state index contributed by atoms with van der Waals surface area (Å²) >= 11 is 0. The zero-order valence-corrected chi connectivity index (χ0v) is 34.8. The quantitative estimate of drug-likeness (QED) is 0.0758. The molecule has 22 N–H and O–H groups in total. The fraction of sp³-hybridized carbons (Fsp3) is 0.500. The van der Waals surface area contributed by atoms with Gasteiger partial charge < -0.3 is 67.5 Å². The van der Waals surface area contributed by atoms with Crippen LogP contribution < -0.4 is 85.1 Å². The minimum Gasteiger partial charge on any atom is -0.394 e. The molecular weight excluding hydrogens is 801 g/mol. The van der Waals surface area contributed by atoms with Crippen LogP contribution in [0.15, 0.2) is 36.1 Å². The molecule has 8 rings (SSSR count). The van der Waals surface area contributed by atoms with Crippen molar-refractivity contribution in [1.29, 1.82) is 0 Å². The van der Waals surface area contributed by atoms with Crippen molar-refractivity contribution in [3.8, 4) is 0 Å². The highest BCUT2D eigenvalue weighted by Gasteiger charge is 2.32. The molecule has 8 heterocycles. The number of nitrogen functional groups attached to an aromatic ring is 10. The van der Waals surface area contributed by atoms with Gasteiger partial charge >= 0.3 is 0 Å². The van der Waals surface area contributed by atoms with Crippen LogP contribution in [0.3, 0.4) is 0 Å². The Bertz CT molecular complexity index is 2700. The second kappa shape index (κ2) is 18.3. The summed E-state index contributed by atoms with van der Waals surface area (Å²) in [5, 5.41) is 17.3. The molecule has 0 bridgehead atoms. The molecule has 0 fully saturated rings. The SMILES string of the molecule is CC1(C)Cn2c(N)c(N)c(=O)n2C1.Cn1c(=O)c(N)c(N)n1CCO.Cn1c(N)c(N)c(=O)n1CCO.Nc1c(N)n2n(c1=O)CC=CC2.Nc1c(N)n2n(c1=O)CCCC2. The smallest absolute Gasteiger partial charge is 0.292 e. The number of aromatic nitrogens is 10. The van der Waals surface area contributed by atoms with E-state index in [1.54, 1.807) is 37.5 Å². The molecule has 27 nitrogen and oxygen atoms in total. The monoisotopic (exact) mass is 860 g/mol. The van der Waals surface area contributed by atoms with Gasteiger partial charge in [0, 0.05) is 45.7 Å². The van der Waals surface area contributed by atoms with Crippen molar-refractivity contribution in [3.63, 3.8) is 0 Å². The molecule has 338 valence electrons. The van der Waals surface area contributed by atoms with Crippen LogP contribution in [0.5, 0.6) is 0 Å². The Morgan fingerprint density at radius 2 is 0.885 bits per heavy atom. The van der Waals surface area contributed by atoms with Crippen molar-refractivity contribution in [1.82, 2.24) is 46.8 Å². The van der Waals surface area contributed by atoms with Crippen molar-refractivity contribution in [2.24, 2.45) is 19.5 Å². The van der Waals surface area contributed by atoms with Crippen LogP contribution in [0.2, 0.25) is 0 Å². The Balaban J connectivity index is 0.000000168. The molecule has 27 heteroatoms. The van der Waals surface area contributed by atoms with Crippen molar-refractivity contribution in [2.45, 2.75) is 79.0 Å². The predicted octanol–water partition coefficient (Wildman–Crippen LogP) is -4.47. The maximum atomic E-state index is 11.5. The van der Waals surface area contributed by atoms with Crippen molar-refractivity contribution in [3.05, 3.63) is 63.9 Å². The van der Waals surface area contributed by atoms with E-state index in [0.717, 1.165) is 32.5 Å². The second-order valence-electron chi connectivity index (χ2n) is 15.1. The van der Waals surface area contributed by atoms with Crippen LogP contribution in [0.25, 0.3) is 0 Å². The van der Waals surface area contributed by atoms with Crippen LogP contribution in [0.4, 0.5) is 57.5 Å². The largest absolute Gasteiger partial charge is 0.394 e. The fourth-order valence-electron chi connectivity index (χ4n) is 6.88. The van der Waals surface area contributed by atoms with E-state index in [1.165, 1.54) is 23.4 Å². The van der Waals surface area contributed by atoms with Gasteiger partial charge in [-0.15, -0.1) is 0 Å². The molecule has 0 spiro atoms. The number of aliphatic hydroxyl groups excluding tert-OH is 2. The average Bonchev–Trinajstić information content (AvgIpc) is 3.94. The molecule has 0 atom stereocenters. The van der Waals surface area contributed by atoms with Crippen molar-refractivity contribution in [2.75, 3.05) is 70.6 Å². The molecule has 0 aliphatic carbocycles. The topological polar surface area (TPSA) is 435 Å². The fourth-order valence-corrected chi connectivity index (χ4v) is 6.88. The third kappa shape index (κ3) is 9.00. The van der Waals surface area contributed by atoms with Gasteiger partial charge in [0.05, 0.1) is 39.4 Å². The molecule has 0 amide bonds. The summed E-state index contributed by atoms with van der Waals surface area (Å²) in [7, 11) is 3.16. The second-order valence-corrected chi connectivity index (χ2v) is 15.1. The summed E-state index contributed by atoms with van der Waals surface area (Å²) in [6.45, 7) is 8.65. The maximum Gasteiger partial charge on any atom is 0.292 e. The average molecular weight is 861 g/mol. The molecule has 0 saturated carbocycles. The molecule has 5 aromatic heterocycles. The van der Waals surface area contributed by atoms with E-state index in [9.17, 15) is 24.0 Å². The molecule has 0 radical (unpaired) electrons. The lowest BCUT2D eigenvalue weighted by Crippen LogP contribution is -2.27. The molecule has 0 aromatic carbocycles. The first-order valence-electron chi connectivity index (χ1n) is 19.1. The van der Waals surface area contributed by atoms with E-state index >= 15 is 0 Å². The maximum absolute atomic E-state index is 11.5. The lowest BCUT2D eigenvalue weighted by molar-refractivity contribution is 0.259. The minimum atomic E-state index is -0.357. The van der Waals surface area contributed by atoms with Gasteiger partial charge in [-0.1, -0.05) is 26.0 Å². The summed E-state index contributed by atoms with van der Waals surface area (Å²) in [4.78, 5) is 56.6. The number of hydrogen-bond acceptors (Lipinski definition) is 17. The Hall–Kier alpha value is -7.29. The summed E-state index contributed by atoms with van der Waals surface area (Å²) < 4.78 is 15.4. The lowest BCUT2D eigenvalue weighted by atomic mass is 9.95. The highest BCUT2D eigenvalue weighted by atomic mass is 16.3. The lowest BCUT2D eigenvalue weighted by Gasteiger charge is -2.17. The summed E-state index contributed by atoms with van der Waals surface area (Å²) in [5.74, 6) is 1.62. The Kier molecular flexibility index (Phi) is 13.9. The molecule has 0 unspecified atom stereocenters. The first-order chi connectivity index (χ1) is 28.5. The first kappa shape index (κ1) is 46.4. The number of allylic oxidation sites excluding steroid dienone is 2. The van der Waals surface area contributed by atoms with Gasteiger partial charge in [0.25, 0.3) is 27.8 Å². The van der Waals surface area contributed by atoms with E-state index in [4.69, 9.17) is 67.5 Å². The number of nitrogens with zero attached hydrogens (tertiary/aromatic N) is 10. The number of fused-ring (bicyclic) bond motifs is 3. The van der Waals surface area contributed by atoms with Gasteiger partial charge in [-0.2, -0.15) is 0 Å². The zero-order valence-electron chi connectivity index (χ0n) is 34.8. The van der Waals surface area contributed by atoms with Gasteiger partial charge in [0.2, 0.25) is 0 Å². The predicted molar refractivity (Wildman–Crippen MR) is 236 cm³/mol. The normalized spacial score (nSPS) is 14.2. The Morgan fingerprint density at radius 3 is 1.33 bits per heavy atom. The van der Waals surface area contributed by atoms with Crippen molar-refractivity contribution < 1.29 is 10.2 Å². The van der Waals surface area contributed by atoms with Gasteiger partial charge in [-0.05, 0) is 12.8 Å². The minimum absolute atomic E-state index is 0.0333. The van der Waals surface area contributed by atoms with E-state index in [2.05, 4.69) is 13.8 Å². The van der Waals surface area contributed by atoms with Crippen LogP contribution in [0, 0.1) is 5.41 Å². The first-order valence-corrected chi connectivity index (χ1v) is 19.1. The number of anilines is 10. The van der Waals surface area contributed by atoms with Crippen LogP contribution in [-0.2, 0) is 66.5 Å². The Morgan fingerprint density at radius 1 is 0.475 bits per heavy atom. The summed E-state index contributed by atoms with van der Waals surface area (Å²) in [6, 6.07) is 0. The van der Waals surface area contributed by atoms with Crippen LogP contribution >= 0.6 is 0 Å². The molecular formula is C34H60N20O7. The third-order valence-corrected chi connectivity index (χ3v) is 10.3. The van der Waals surface area contributed by atoms with Gasteiger partial charge in [0.15, 0.2) is 0 Å². The van der Waals surface area contributed by atoms with Crippen LogP contribution in [0.1, 0.15) is 26.7 Å². The van der Waals surface area contributed by atoms with Gasteiger partial charge in [-0.3, -0.25) is 52.1 Å². The molecule has 3 aliphatic heterocycles. The number of hydrogen-bond donors (Lipinski definition) is 12. The van der Waals surface area contributed by atoms with Crippen LogP contribution in [-0.4, -0.2) is 70.2 Å². The standard InChI is InChI=1S/C8H14N4O.C7H12N4O.C7H10N4O.2C6H12N4O2/c1-8(2)3-11-6(10)5(9)7(13)12(11)4-8;2*8-5-6(9)10-3-1-2-4-11(10)7(5)12;1-9-6(12)4(7)5(8)10(9)2-3-11;1-9-5(8)4(7)6(12)10(9)2-3-11/h3-4,9-10H2,1-2H3;1-4,8-9H2;1-2H,3-4,8-9H2;2*11H,2-3,7-8H2,1H3. The van der Waals surface area contributed by atoms with Gasteiger partial charge in [-0.25, -0.2) is 18.7 Å². The van der Waals surface area contributed by atoms with E-state index in [-0.39, 0.29) is 99.6 Å². The number of rotatable bonds is 4. The zero-order chi connectivity index (χ0) is 45.8. The Labute approximate surface area is 347 Å². The van der Waals surface area contributed by atoms with Crippen molar-refractivity contribution >= 4 is 57.5 Å². The van der Waals surface area contributed by atoms with E-state index < -0.39 is 0 Å².